The normalized spacial score (nSPS) is 18.0. The van der Waals surface area contributed by atoms with Crippen LogP contribution in [0.5, 0.6) is 0 Å². The molecule has 1 aromatic carbocycles. The molecule has 7 heteroatoms. The van der Waals surface area contributed by atoms with Gasteiger partial charge in [-0.05, 0) is 29.6 Å². The molecule has 0 bridgehead atoms. The van der Waals surface area contributed by atoms with Crippen molar-refractivity contribution in [3.05, 3.63) is 38.7 Å². The van der Waals surface area contributed by atoms with Crippen LogP contribution in [0.3, 0.4) is 0 Å². The third kappa shape index (κ3) is 3.05. The van der Waals surface area contributed by atoms with E-state index in [1.807, 2.05) is 0 Å². The summed E-state index contributed by atoms with van der Waals surface area (Å²) in [6.45, 7) is 0.830. The fourth-order valence-electron chi connectivity index (χ4n) is 2.10. The first-order valence-corrected chi connectivity index (χ1v) is 6.45. The minimum absolute atomic E-state index is 0.0138. The smallest absolute Gasteiger partial charge is 0.227 e. The molecule has 96 valence electrons. The van der Waals surface area contributed by atoms with Crippen LogP contribution in [0.2, 0.25) is 0 Å². The summed E-state index contributed by atoms with van der Waals surface area (Å²) in [5.41, 5.74) is 9.49. The number of amides is 1. The van der Waals surface area contributed by atoms with E-state index in [4.69, 9.17) is 10.8 Å². The highest BCUT2D eigenvalue weighted by Gasteiger charge is 2.30. The first-order valence-electron chi connectivity index (χ1n) is 5.66. The Bertz CT molecular complexity index is 603. The Morgan fingerprint density at radius 1 is 1.58 bits per heavy atom. The van der Waals surface area contributed by atoms with Gasteiger partial charge < -0.3 is 4.90 Å². The molecule has 1 saturated heterocycles. The number of azide groups is 1. The number of halogens is 1. The second-order valence-electron chi connectivity index (χ2n) is 4.30. The Balaban J connectivity index is 2.23. The van der Waals surface area contributed by atoms with Crippen LogP contribution in [0.1, 0.15) is 12.0 Å². The van der Waals surface area contributed by atoms with Crippen molar-refractivity contribution in [2.45, 2.75) is 6.42 Å². The van der Waals surface area contributed by atoms with Crippen LogP contribution in [-0.4, -0.2) is 19.0 Å². The Morgan fingerprint density at radius 3 is 3.05 bits per heavy atom. The third-order valence-corrected chi connectivity index (χ3v) is 3.39. The third-order valence-electron chi connectivity index (χ3n) is 2.93. The van der Waals surface area contributed by atoms with Gasteiger partial charge in [-0.1, -0.05) is 21.0 Å². The molecule has 1 aliphatic heterocycles. The van der Waals surface area contributed by atoms with E-state index in [9.17, 15) is 4.79 Å². The highest BCUT2D eigenvalue weighted by molar-refractivity contribution is 9.10. The predicted octanol–water partition coefficient (Wildman–Crippen LogP) is 2.98. The molecule has 1 fully saturated rings. The minimum atomic E-state index is -0.0138. The molecule has 1 unspecified atom stereocenters. The fourth-order valence-corrected chi connectivity index (χ4v) is 2.58. The molecule has 1 heterocycles. The van der Waals surface area contributed by atoms with E-state index >= 15 is 0 Å². The first kappa shape index (κ1) is 13.4. The van der Waals surface area contributed by atoms with Gasteiger partial charge in [0.15, 0.2) is 0 Å². The molecule has 1 amide bonds. The SMILES string of the molecule is N#Cc1cc(Br)cc(N2CC(CN=[N+]=[N-])CC2=O)c1. The summed E-state index contributed by atoms with van der Waals surface area (Å²) in [6.07, 6.45) is 0.368. The lowest BCUT2D eigenvalue weighted by Crippen LogP contribution is -2.24. The molecule has 0 saturated carbocycles. The monoisotopic (exact) mass is 319 g/mol. The number of benzene rings is 1. The summed E-state index contributed by atoms with van der Waals surface area (Å²) in [7, 11) is 0. The number of hydrogen-bond acceptors (Lipinski definition) is 3. The number of carbonyl (C=O) groups excluding carboxylic acids is 1. The summed E-state index contributed by atoms with van der Waals surface area (Å²) >= 11 is 3.32. The molecule has 0 radical (unpaired) electrons. The number of rotatable bonds is 3. The van der Waals surface area contributed by atoms with E-state index in [0.717, 1.165) is 4.47 Å². The van der Waals surface area contributed by atoms with Gasteiger partial charge in [-0.15, -0.1) is 0 Å². The van der Waals surface area contributed by atoms with Crippen molar-refractivity contribution >= 4 is 27.5 Å². The minimum Gasteiger partial charge on any atom is -0.312 e. The molecule has 1 atom stereocenters. The molecule has 0 N–H and O–H groups in total. The van der Waals surface area contributed by atoms with E-state index in [1.165, 1.54) is 0 Å². The fraction of sp³-hybridized carbons (Fsp3) is 0.333. The first-order chi connectivity index (χ1) is 9.13. The molecule has 1 aromatic rings. The van der Waals surface area contributed by atoms with Gasteiger partial charge >= 0.3 is 0 Å². The average Bonchev–Trinajstić information content (AvgIpc) is 2.76. The van der Waals surface area contributed by atoms with Crippen molar-refractivity contribution in [2.75, 3.05) is 18.0 Å². The number of carbonyl (C=O) groups is 1. The zero-order valence-corrected chi connectivity index (χ0v) is 11.5. The van der Waals surface area contributed by atoms with Gasteiger partial charge in [-0.2, -0.15) is 5.26 Å². The zero-order chi connectivity index (χ0) is 13.8. The molecule has 1 aliphatic rings. The van der Waals surface area contributed by atoms with Gasteiger partial charge in [-0.3, -0.25) is 4.79 Å². The Kier molecular flexibility index (Phi) is 4.05. The van der Waals surface area contributed by atoms with Gasteiger partial charge in [0.05, 0.1) is 11.6 Å². The second kappa shape index (κ2) is 5.74. The maximum Gasteiger partial charge on any atom is 0.227 e. The molecule has 0 spiro atoms. The molecule has 0 aliphatic carbocycles. The topological polar surface area (TPSA) is 92.9 Å². The number of nitrogens with zero attached hydrogens (tertiary/aromatic N) is 5. The predicted molar refractivity (Wildman–Crippen MR) is 73.3 cm³/mol. The van der Waals surface area contributed by atoms with E-state index in [0.29, 0.717) is 30.8 Å². The molecule has 19 heavy (non-hydrogen) atoms. The van der Waals surface area contributed by atoms with Crippen molar-refractivity contribution in [3.63, 3.8) is 0 Å². The molecular formula is C12H10BrN5O. The van der Waals surface area contributed by atoms with E-state index in [-0.39, 0.29) is 11.8 Å². The van der Waals surface area contributed by atoms with Crippen LogP contribution in [0.25, 0.3) is 10.4 Å². The van der Waals surface area contributed by atoms with Crippen molar-refractivity contribution in [3.8, 4) is 6.07 Å². The van der Waals surface area contributed by atoms with Crippen molar-refractivity contribution in [1.29, 1.82) is 5.26 Å². The van der Waals surface area contributed by atoms with Crippen LogP contribution in [0.4, 0.5) is 5.69 Å². The number of hydrogen-bond donors (Lipinski definition) is 0. The molecule has 0 aromatic heterocycles. The summed E-state index contributed by atoms with van der Waals surface area (Å²) < 4.78 is 0.757. The number of nitriles is 1. The van der Waals surface area contributed by atoms with Crippen LogP contribution in [0.15, 0.2) is 27.8 Å². The molecular weight excluding hydrogens is 310 g/mol. The highest BCUT2D eigenvalue weighted by atomic mass is 79.9. The molecule has 6 nitrogen and oxygen atoms in total. The Morgan fingerprint density at radius 2 is 2.37 bits per heavy atom. The van der Waals surface area contributed by atoms with Gasteiger partial charge in [0.25, 0.3) is 0 Å². The van der Waals surface area contributed by atoms with E-state index in [2.05, 4.69) is 32.0 Å². The summed E-state index contributed by atoms with van der Waals surface area (Å²) in [5.74, 6) is 0.0213. The van der Waals surface area contributed by atoms with E-state index < -0.39 is 0 Å². The van der Waals surface area contributed by atoms with Gasteiger partial charge in [0.1, 0.15) is 0 Å². The van der Waals surface area contributed by atoms with Crippen molar-refractivity contribution in [1.82, 2.24) is 0 Å². The average molecular weight is 320 g/mol. The van der Waals surface area contributed by atoms with Crippen LogP contribution in [0, 0.1) is 17.2 Å². The number of anilines is 1. The lowest BCUT2D eigenvalue weighted by molar-refractivity contribution is -0.117. The van der Waals surface area contributed by atoms with Crippen LogP contribution < -0.4 is 4.90 Å². The van der Waals surface area contributed by atoms with Gasteiger partial charge in [-0.25, -0.2) is 0 Å². The van der Waals surface area contributed by atoms with Crippen molar-refractivity contribution in [2.24, 2.45) is 11.0 Å². The van der Waals surface area contributed by atoms with Gasteiger partial charge in [0, 0.05) is 34.6 Å². The summed E-state index contributed by atoms with van der Waals surface area (Å²) in [4.78, 5) is 16.3. The maximum atomic E-state index is 12.0. The lowest BCUT2D eigenvalue weighted by Gasteiger charge is -2.17. The summed E-state index contributed by atoms with van der Waals surface area (Å²) in [5, 5.41) is 12.4. The van der Waals surface area contributed by atoms with Gasteiger partial charge in [0.2, 0.25) is 5.91 Å². The Labute approximate surface area is 118 Å². The van der Waals surface area contributed by atoms with Crippen LogP contribution in [-0.2, 0) is 4.79 Å². The largest absolute Gasteiger partial charge is 0.312 e. The maximum absolute atomic E-state index is 12.0. The van der Waals surface area contributed by atoms with E-state index in [1.54, 1.807) is 23.1 Å². The summed E-state index contributed by atoms with van der Waals surface area (Å²) in [6, 6.07) is 7.23. The van der Waals surface area contributed by atoms with Crippen LogP contribution >= 0.6 is 15.9 Å². The molecule has 2 rings (SSSR count). The Hall–Kier alpha value is -2.03. The lowest BCUT2D eigenvalue weighted by atomic mass is 10.1. The highest BCUT2D eigenvalue weighted by Crippen LogP contribution is 2.28. The van der Waals surface area contributed by atoms with Crippen molar-refractivity contribution < 1.29 is 4.79 Å². The second-order valence-corrected chi connectivity index (χ2v) is 5.21. The standard InChI is InChI=1S/C12H10BrN5O/c13-10-1-8(5-14)2-11(4-10)18-7-9(3-12(18)19)6-16-17-15/h1-2,4,9H,3,6-7H2. The quantitative estimate of drug-likeness (QED) is 0.486. The zero-order valence-electron chi connectivity index (χ0n) is 9.95.